The van der Waals surface area contributed by atoms with E-state index >= 15 is 0 Å². The van der Waals surface area contributed by atoms with Crippen LogP contribution >= 0.6 is 29.1 Å². The Bertz CT molecular complexity index is 156. The lowest BCUT2D eigenvalue weighted by Gasteiger charge is -2.09. The second-order valence-electron chi connectivity index (χ2n) is 1.38. The van der Waals surface area contributed by atoms with E-state index in [0.29, 0.717) is 4.43 Å². The van der Waals surface area contributed by atoms with E-state index in [1.54, 1.807) is 0 Å². The molecular formula is C2H7IN3OPS. The van der Waals surface area contributed by atoms with Gasteiger partial charge in [0.05, 0.1) is 4.43 Å². The smallest absolute Gasteiger partial charge is 0.235 e. The summed E-state index contributed by atoms with van der Waals surface area (Å²) in [6.07, 6.45) is 0. The van der Waals surface area contributed by atoms with Gasteiger partial charge in [0.2, 0.25) is 5.91 Å². The molecule has 0 fully saturated rings. The third kappa shape index (κ3) is 6.66. The van der Waals surface area contributed by atoms with Gasteiger partial charge in [0, 0.05) is 0 Å². The van der Waals surface area contributed by atoms with Crippen molar-refractivity contribution >= 4 is 46.8 Å². The maximum absolute atomic E-state index is 10.5. The third-order valence-electron chi connectivity index (χ3n) is 0.421. The lowest BCUT2D eigenvalue weighted by molar-refractivity contribution is -0.116. The molecule has 0 heterocycles. The molecule has 0 aliphatic carbocycles. The van der Waals surface area contributed by atoms with Crippen molar-refractivity contribution in [3.8, 4) is 0 Å². The van der Waals surface area contributed by atoms with Crippen molar-refractivity contribution in [3.05, 3.63) is 0 Å². The van der Waals surface area contributed by atoms with E-state index in [2.05, 4.69) is 16.9 Å². The van der Waals surface area contributed by atoms with Gasteiger partial charge < -0.3 is 5.09 Å². The number of carbonyl (C=O) groups excluding carboxylic acids is 1. The predicted octanol–water partition coefficient (Wildman–Crippen LogP) is -0.321. The highest BCUT2D eigenvalue weighted by atomic mass is 127. The zero-order valence-corrected chi connectivity index (χ0v) is 8.37. The third-order valence-corrected chi connectivity index (χ3v) is 1.99. The molecule has 0 saturated heterocycles. The Morgan fingerprint density at radius 2 is 2.22 bits per heavy atom. The summed E-state index contributed by atoms with van der Waals surface area (Å²) >= 11 is 6.46. The molecule has 54 valence electrons. The van der Waals surface area contributed by atoms with E-state index in [0.717, 1.165) is 0 Å². The molecule has 0 aromatic heterocycles. The van der Waals surface area contributed by atoms with Gasteiger partial charge >= 0.3 is 0 Å². The molecule has 4 nitrogen and oxygen atoms in total. The number of hydrogen-bond acceptors (Lipinski definition) is 2. The number of hydrogen-bond donors (Lipinski definition) is 3. The summed E-state index contributed by atoms with van der Waals surface area (Å²) in [5.74, 6) is -0.205. The van der Waals surface area contributed by atoms with Crippen LogP contribution in [-0.2, 0) is 16.6 Å². The van der Waals surface area contributed by atoms with Crippen molar-refractivity contribution in [1.29, 1.82) is 0 Å². The van der Waals surface area contributed by atoms with E-state index in [1.165, 1.54) is 0 Å². The van der Waals surface area contributed by atoms with Crippen LogP contribution in [0.5, 0.6) is 0 Å². The highest BCUT2D eigenvalue weighted by molar-refractivity contribution is 14.1. The summed E-state index contributed by atoms with van der Waals surface area (Å²) in [7, 11) is 0. The standard InChI is InChI=1S/C2H7IN3OPS/c3-1-2(7)6-8(4,5)9/h1H2,(H5,4,5,6,7,9). The van der Waals surface area contributed by atoms with E-state index < -0.39 is 6.49 Å². The van der Waals surface area contributed by atoms with Crippen molar-refractivity contribution in [2.75, 3.05) is 4.43 Å². The number of nitrogens with one attached hydrogen (secondary N) is 1. The monoisotopic (exact) mass is 279 g/mol. The Balaban J connectivity index is 3.75. The van der Waals surface area contributed by atoms with Crippen LogP contribution in [0.15, 0.2) is 0 Å². The molecule has 0 aromatic carbocycles. The molecule has 0 aliphatic heterocycles. The van der Waals surface area contributed by atoms with Gasteiger partial charge in [-0.15, -0.1) is 0 Å². The average molecular weight is 279 g/mol. The van der Waals surface area contributed by atoms with E-state index in [4.69, 9.17) is 11.0 Å². The molecule has 1 amide bonds. The Morgan fingerprint density at radius 3 is 2.33 bits per heavy atom. The van der Waals surface area contributed by atoms with Gasteiger partial charge in [-0.25, -0.2) is 0 Å². The molecule has 9 heavy (non-hydrogen) atoms. The van der Waals surface area contributed by atoms with E-state index in [-0.39, 0.29) is 5.91 Å². The van der Waals surface area contributed by atoms with Gasteiger partial charge in [0.1, 0.15) is 0 Å². The minimum atomic E-state index is -2.51. The van der Waals surface area contributed by atoms with Gasteiger partial charge in [-0.05, 0) is 11.8 Å². The lowest BCUT2D eigenvalue weighted by Crippen LogP contribution is -2.28. The maximum atomic E-state index is 10.5. The first kappa shape index (κ1) is 9.77. The summed E-state index contributed by atoms with van der Waals surface area (Å²) in [6, 6.07) is 0. The molecule has 0 radical (unpaired) electrons. The SMILES string of the molecule is NP(N)(=S)NC(=O)CI. The Kier molecular flexibility index (Phi) is 4.15. The number of alkyl halides is 1. The van der Waals surface area contributed by atoms with Crippen molar-refractivity contribution in [1.82, 2.24) is 5.09 Å². The van der Waals surface area contributed by atoms with Gasteiger partial charge in [0.25, 0.3) is 0 Å². The van der Waals surface area contributed by atoms with Gasteiger partial charge in [0.15, 0.2) is 6.49 Å². The molecular weight excluding hydrogens is 272 g/mol. The summed E-state index contributed by atoms with van der Waals surface area (Å²) < 4.78 is 0.338. The minimum Gasteiger partial charge on any atom is -0.305 e. The van der Waals surface area contributed by atoms with Crippen molar-refractivity contribution in [3.63, 3.8) is 0 Å². The second-order valence-corrected chi connectivity index (χ2v) is 5.60. The summed E-state index contributed by atoms with van der Waals surface area (Å²) in [5.41, 5.74) is 10.4. The first-order valence-corrected chi connectivity index (χ1v) is 6.46. The van der Waals surface area contributed by atoms with Crippen LogP contribution in [0.25, 0.3) is 0 Å². The van der Waals surface area contributed by atoms with Crippen LogP contribution in [0.1, 0.15) is 0 Å². The Hall–Kier alpha value is 0.770. The number of amides is 1. The fourth-order valence-corrected chi connectivity index (χ4v) is 1.49. The normalized spacial score (nSPS) is 11.0. The van der Waals surface area contributed by atoms with Gasteiger partial charge in [-0.2, -0.15) is 0 Å². The molecule has 0 aromatic rings. The Labute approximate surface area is 72.0 Å². The maximum Gasteiger partial charge on any atom is 0.235 e. The first-order valence-electron chi connectivity index (χ1n) is 2.00. The second kappa shape index (κ2) is 3.82. The van der Waals surface area contributed by atoms with Crippen LogP contribution < -0.4 is 16.1 Å². The van der Waals surface area contributed by atoms with E-state index in [9.17, 15) is 4.79 Å². The molecule has 5 N–H and O–H groups in total. The summed E-state index contributed by atoms with van der Waals surface area (Å²) in [5, 5.41) is 2.30. The van der Waals surface area contributed by atoms with Gasteiger partial charge in [-0.3, -0.25) is 15.8 Å². The summed E-state index contributed by atoms with van der Waals surface area (Å²) in [6.45, 7) is -2.51. The van der Waals surface area contributed by atoms with Crippen molar-refractivity contribution in [2.45, 2.75) is 0 Å². The molecule has 0 atom stereocenters. The highest BCUT2D eigenvalue weighted by Gasteiger charge is 2.05. The fraction of sp³-hybridized carbons (Fsp3) is 0.500. The number of halogens is 1. The Morgan fingerprint density at radius 1 is 1.78 bits per heavy atom. The number of rotatable bonds is 2. The van der Waals surface area contributed by atoms with Crippen LogP contribution in [0, 0.1) is 0 Å². The topological polar surface area (TPSA) is 81.1 Å². The van der Waals surface area contributed by atoms with Crippen molar-refractivity contribution in [2.24, 2.45) is 11.0 Å². The zero-order chi connectivity index (χ0) is 7.49. The fourth-order valence-electron chi connectivity index (χ4n) is 0.225. The molecule has 0 spiro atoms. The average Bonchev–Trinajstić information content (AvgIpc) is 1.62. The van der Waals surface area contributed by atoms with Crippen LogP contribution in [0.3, 0.4) is 0 Å². The van der Waals surface area contributed by atoms with Crippen molar-refractivity contribution < 1.29 is 4.79 Å². The van der Waals surface area contributed by atoms with Crippen LogP contribution in [-0.4, -0.2) is 10.3 Å². The van der Waals surface area contributed by atoms with Gasteiger partial charge in [-0.1, -0.05) is 22.6 Å². The molecule has 0 rings (SSSR count). The quantitative estimate of drug-likeness (QED) is 0.367. The number of carbonyl (C=O) groups is 1. The summed E-state index contributed by atoms with van der Waals surface area (Å²) in [4.78, 5) is 10.5. The lowest BCUT2D eigenvalue weighted by atomic mass is 10.8. The molecule has 7 heteroatoms. The zero-order valence-electron chi connectivity index (χ0n) is 4.50. The molecule has 0 aliphatic rings. The van der Waals surface area contributed by atoms with Crippen LogP contribution in [0.2, 0.25) is 0 Å². The predicted molar refractivity (Wildman–Crippen MR) is 49.7 cm³/mol. The highest BCUT2D eigenvalue weighted by Crippen LogP contribution is 2.17. The van der Waals surface area contributed by atoms with E-state index in [1.807, 2.05) is 22.6 Å². The molecule has 0 unspecified atom stereocenters. The molecule has 0 bridgehead atoms. The largest absolute Gasteiger partial charge is 0.305 e. The minimum absolute atomic E-state index is 0.205. The number of nitrogens with two attached hydrogens (primary N) is 2. The first-order chi connectivity index (χ1) is 3.95. The van der Waals surface area contributed by atoms with Crippen LogP contribution in [0.4, 0.5) is 0 Å². The molecule has 0 saturated carbocycles.